The largest absolute Gasteiger partial charge is 0.311 e. The molecule has 0 spiro atoms. The molecule has 2 aliphatic heterocycles. The molecule has 0 radical (unpaired) electrons. The van der Waals surface area contributed by atoms with Crippen molar-refractivity contribution in [2.75, 3.05) is 9.80 Å². The Balaban J connectivity index is 1.42. The minimum absolute atomic E-state index is 0.146. The van der Waals surface area contributed by atoms with Crippen molar-refractivity contribution in [2.45, 2.75) is 65.2 Å². The molecule has 46 heavy (non-hydrogen) atoms. The Bertz CT molecular complexity index is 2190. The van der Waals surface area contributed by atoms with Crippen LogP contribution in [0.5, 0.6) is 0 Å². The fourth-order valence-electron chi connectivity index (χ4n) is 8.48. The third kappa shape index (κ3) is 3.89. The Morgan fingerprint density at radius 3 is 1.83 bits per heavy atom. The fraction of sp³-hybridized carbons (Fsp3) is 0.238. The van der Waals surface area contributed by atoms with E-state index >= 15 is 0 Å². The van der Waals surface area contributed by atoms with Crippen LogP contribution in [0.2, 0.25) is 0 Å². The number of aryl methyl sites for hydroxylation is 2. The molecule has 6 aromatic rings. The summed E-state index contributed by atoms with van der Waals surface area (Å²) >= 11 is 2.02. The van der Waals surface area contributed by atoms with Gasteiger partial charge in [0.05, 0.1) is 5.69 Å². The van der Waals surface area contributed by atoms with Gasteiger partial charge in [0, 0.05) is 43.3 Å². The molecule has 1 aliphatic carbocycles. The van der Waals surface area contributed by atoms with Gasteiger partial charge in [-0.1, -0.05) is 76.2 Å². The quantitative estimate of drug-likeness (QED) is 0.179. The van der Waals surface area contributed by atoms with Crippen LogP contribution in [0.25, 0.3) is 10.1 Å². The lowest BCUT2D eigenvalue weighted by molar-refractivity contribution is 0.332. The van der Waals surface area contributed by atoms with E-state index in [1.165, 1.54) is 95.0 Å². The van der Waals surface area contributed by atoms with Crippen LogP contribution in [0.15, 0.2) is 103 Å². The zero-order chi connectivity index (χ0) is 31.5. The second kappa shape index (κ2) is 9.62. The molecule has 5 aromatic carbocycles. The van der Waals surface area contributed by atoms with Crippen LogP contribution in [0, 0.1) is 13.8 Å². The van der Waals surface area contributed by atoms with Crippen LogP contribution >= 0.6 is 11.3 Å². The normalized spacial score (nSPS) is 17.0. The zero-order valence-electron chi connectivity index (χ0n) is 27.6. The Kier molecular flexibility index (Phi) is 5.85. The summed E-state index contributed by atoms with van der Waals surface area (Å²) < 4.78 is 2.85. The number of nitrogens with zero attached hydrogens (tertiary/aromatic N) is 2. The van der Waals surface area contributed by atoms with E-state index in [1.807, 2.05) is 11.3 Å². The molecule has 3 heterocycles. The van der Waals surface area contributed by atoms with Crippen LogP contribution in [0.4, 0.5) is 34.1 Å². The molecule has 0 amide bonds. The first-order valence-corrected chi connectivity index (χ1v) is 17.5. The molecular weight excluding hydrogens is 575 g/mol. The number of benzene rings is 5. The molecule has 4 heteroatoms. The second-order valence-corrected chi connectivity index (χ2v) is 16.1. The molecule has 2 nitrogen and oxygen atoms in total. The van der Waals surface area contributed by atoms with E-state index in [2.05, 4.69) is 154 Å². The molecule has 0 bridgehead atoms. The Hall–Kier alpha value is -4.28. The molecule has 9 rings (SSSR count). The van der Waals surface area contributed by atoms with Crippen molar-refractivity contribution in [1.82, 2.24) is 0 Å². The minimum atomic E-state index is 0.146. The molecular formula is C42H39BN2S. The predicted octanol–water partition coefficient (Wildman–Crippen LogP) is 9.95. The van der Waals surface area contributed by atoms with Crippen LogP contribution in [-0.2, 0) is 10.8 Å². The van der Waals surface area contributed by atoms with Crippen LogP contribution in [0.3, 0.4) is 0 Å². The van der Waals surface area contributed by atoms with E-state index < -0.39 is 0 Å². The third-order valence-corrected chi connectivity index (χ3v) is 12.2. The number of fused-ring (bicyclic) bond motifs is 7. The van der Waals surface area contributed by atoms with Crippen molar-refractivity contribution in [1.29, 1.82) is 0 Å². The monoisotopic (exact) mass is 614 g/mol. The molecule has 0 atom stereocenters. The lowest BCUT2D eigenvalue weighted by Crippen LogP contribution is -2.60. The summed E-state index contributed by atoms with van der Waals surface area (Å²) in [6.07, 6.45) is 2.43. The van der Waals surface area contributed by atoms with Gasteiger partial charge in [-0.15, -0.1) is 11.3 Å². The first-order chi connectivity index (χ1) is 22.1. The molecule has 0 fully saturated rings. The van der Waals surface area contributed by atoms with Gasteiger partial charge in [-0.05, 0) is 125 Å². The smallest absolute Gasteiger partial charge is 0.264 e. The van der Waals surface area contributed by atoms with Crippen molar-refractivity contribution < 1.29 is 0 Å². The highest BCUT2D eigenvalue weighted by Crippen LogP contribution is 2.52. The van der Waals surface area contributed by atoms with E-state index in [0.29, 0.717) is 0 Å². The van der Waals surface area contributed by atoms with Crippen LogP contribution in [-0.4, -0.2) is 6.71 Å². The van der Waals surface area contributed by atoms with Gasteiger partial charge in [0.1, 0.15) is 0 Å². The standard InChI is InChI=1S/C42H39BN2S/c1-26-17-18-33-34(21-26)44(28-13-9-7-10-14-28)35-22-27(2)23-36-38(35)43(33)40-39(45(36)29-15-11-8-12-16-29)30-24-31-32(25-37(30)46-40)42(5,6)20-19-41(31,3)4/h7-18,21-25H,19-20H2,1-6H3. The first kappa shape index (κ1) is 28.0. The average Bonchev–Trinajstić information content (AvgIpc) is 3.41. The Morgan fingerprint density at radius 2 is 1.17 bits per heavy atom. The van der Waals surface area contributed by atoms with Gasteiger partial charge in [-0.25, -0.2) is 0 Å². The Labute approximate surface area is 277 Å². The lowest BCUT2D eigenvalue weighted by atomic mass is 9.36. The first-order valence-electron chi connectivity index (χ1n) is 16.7. The maximum absolute atomic E-state index is 2.59. The Morgan fingerprint density at radius 1 is 0.609 bits per heavy atom. The minimum Gasteiger partial charge on any atom is -0.311 e. The number of rotatable bonds is 2. The molecule has 226 valence electrons. The van der Waals surface area contributed by atoms with Gasteiger partial charge in [0.2, 0.25) is 0 Å². The molecule has 0 N–H and O–H groups in total. The third-order valence-electron chi connectivity index (χ3n) is 11.0. The predicted molar refractivity (Wildman–Crippen MR) is 201 cm³/mol. The molecule has 0 saturated heterocycles. The molecule has 3 aliphatic rings. The fourth-order valence-corrected chi connectivity index (χ4v) is 9.82. The SMILES string of the molecule is Cc1ccc2c(c1)N(c1ccccc1)c1cc(C)cc3c1B2c1sc2cc4c(cc2c1N3c1ccccc1)C(C)(C)CCC4(C)C. The second-order valence-electron chi connectivity index (χ2n) is 15.0. The summed E-state index contributed by atoms with van der Waals surface area (Å²) in [6, 6.07) is 39.1. The molecule has 0 unspecified atom stereocenters. The van der Waals surface area contributed by atoms with Gasteiger partial charge in [-0.2, -0.15) is 0 Å². The summed E-state index contributed by atoms with van der Waals surface area (Å²) in [5.74, 6) is 0. The van der Waals surface area contributed by atoms with E-state index in [1.54, 1.807) is 0 Å². The van der Waals surface area contributed by atoms with Crippen LogP contribution in [0.1, 0.15) is 62.8 Å². The van der Waals surface area contributed by atoms with E-state index in [4.69, 9.17) is 0 Å². The van der Waals surface area contributed by atoms with Gasteiger partial charge in [0.25, 0.3) is 6.71 Å². The number of thiophene rings is 1. The molecule has 0 saturated carbocycles. The summed E-state index contributed by atoms with van der Waals surface area (Å²) in [4.78, 5) is 5.10. The van der Waals surface area contributed by atoms with E-state index in [0.717, 1.165) is 0 Å². The van der Waals surface area contributed by atoms with Crippen LogP contribution < -0.4 is 25.5 Å². The van der Waals surface area contributed by atoms with Crippen molar-refractivity contribution in [3.8, 4) is 0 Å². The van der Waals surface area contributed by atoms with Gasteiger partial charge < -0.3 is 9.80 Å². The summed E-state index contributed by atoms with van der Waals surface area (Å²) in [7, 11) is 0. The van der Waals surface area contributed by atoms with Gasteiger partial charge in [0.15, 0.2) is 0 Å². The van der Waals surface area contributed by atoms with Gasteiger partial charge in [-0.3, -0.25) is 0 Å². The summed E-state index contributed by atoms with van der Waals surface area (Å²) in [6.45, 7) is 14.4. The van der Waals surface area contributed by atoms with Crippen molar-refractivity contribution >= 4 is 78.0 Å². The van der Waals surface area contributed by atoms with Crippen molar-refractivity contribution in [2.24, 2.45) is 0 Å². The topological polar surface area (TPSA) is 6.48 Å². The summed E-state index contributed by atoms with van der Waals surface area (Å²) in [5.41, 5.74) is 16.4. The highest BCUT2D eigenvalue weighted by Gasteiger charge is 2.46. The number of para-hydroxylation sites is 2. The van der Waals surface area contributed by atoms with Crippen molar-refractivity contribution in [3.05, 3.63) is 125 Å². The highest BCUT2D eigenvalue weighted by atomic mass is 32.1. The summed E-state index contributed by atoms with van der Waals surface area (Å²) in [5, 5.41) is 1.39. The number of hydrogen-bond acceptors (Lipinski definition) is 3. The maximum atomic E-state index is 2.59. The van der Waals surface area contributed by atoms with E-state index in [-0.39, 0.29) is 17.5 Å². The van der Waals surface area contributed by atoms with E-state index in [9.17, 15) is 0 Å². The maximum Gasteiger partial charge on any atom is 0.264 e. The highest BCUT2D eigenvalue weighted by molar-refractivity contribution is 7.33. The van der Waals surface area contributed by atoms with Crippen molar-refractivity contribution in [3.63, 3.8) is 0 Å². The zero-order valence-corrected chi connectivity index (χ0v) is 28.4. The number of anilines is 6. The average molecular weight is 615 g/mol. The number of hydrogen-bond donors (Lipinski definition) is 0. The lowest BCUT2D eigenvalue weighted by Gasteiger charge is -2.43. The molecule has 1 aromatic heterocycles. The van der Waals surface area contributed by atoms with Gasteiger partial charge >= 0.3 is 0 Å².